The Labute approximate surface area is 128 Å². The third-order valence-corrected chi connectivity index (χ3v) is 4.23. The van der Waals surface area contributed by atoms with Gasteiger partial charge >= 0.3 is 0 Å². The number of nitrogens with one attached hydrogen (secondary N) is 1. The lowest BCUT2D eigenvalue weighted by molar-refractivity contribution is 0.105. The van der Waals surface area contributed by atoms with Gasteiger partial charge in [-0.05, 0) is 54.7 Å². The lowest BCUT2D eigenvalue weighted by Gasteiger charge is -2.16. The third kappa shape index (κ3) is 3.78. The molecule has 4 nitrogen and oxygen atoms in total. The number of hydrogen-bond acceptors (Lipinski definition) is 4. The summed E-state index contributed by atoms with van der Waals surface area (Å²) in [6.45, 7) is 8.23. The van der Waals surface area contributed by atoms with Crippen molar-refractivity contribution in [1.29, 1.82) is 0 Å². The fraction of sp³-hybridized carbons (Fsp3) is 0.714. The minimum absolute atomic E-state index is 0.0836. The molecule has 5 heteroatoms. The molecule has 2 heterocycles. The average molecular weight is 375 g/mol. The van der Waals surface area contributed by atoms with Crippen LogP contribution in [0.4, 0.5) is 5.82 Å². The van der Waals surface area contributed by atoms with E-state index in [4.69, 9.17) is 9.72 Å². The van der Waals surface area contributed by atoms with Gasteiger partial charge in [0, 0.05) is 13.2 Å². The zero-order valence-corrected chi connectivity index (χ0v) is 14.0. The van der Waals surface area contributed by atoms with Crippen LogP contribution in [0.5, 0.6) is 0 Å². The number of halogens is 1. The highest BCUT2D eigenvalue weighted by molar-refractivity contribution is 14.1. The molecule has 106 valence electrons. The van der Waals surface area contributed by atoms with Gasteiger partial charge in [-0.25, -0.2) is 9.97 Å². The molecule has 0 bridgehead atoms. The Hall–Kier alpha value is -0.430. The Morgan fingerprint density at radius 1 is 1.42 bits per heavy atom. The molecular formula is C14H22IN3O. The summed E-state index contributed by atoms with van der Waals surface area (Å²) in [5.74, 6) is 2.40. The first-order valence-electron chi connectivity index (χ1n) is 7.03. The molecule has 1 aromatic rings. The zero-order chi connectivity index (χ0) is 13.8. The first-order valence-corrected chi connectivity index (χ1v) is 8.11. The summed E-state index contributed by atoms with van der Waals surface area (Å²) >= 11 is 2.35. The van der Waals surface area contributed by atoms with Crippen LogP contribution in [-0.4, -0.2) is 23.1 Å². The lowest BCUT2D eigenvalue weighted by atomic mass is 10.1. The van der Waals surface area contributed by atoms with Gasteiger partial charge in [0.05, 0.1) is 9.26 Å². The highest BCUT2D eigenvalue weighted by atomic mass is 127. The minimum Gasteiger partial charge on any atom is -0.370 e. The molecule has 0 radical (unpaired) electrons. The van der Waals surface area contributed by atoms with Gasteiger partial charge < -0.3 is 10.1 Å². The van der Waals surface area contributed by atoms with Gasteiger partial charge in [0.25, 0.3) is 0 Å². The summed E-state index contributed by atoms with van der Waals surface area (Å²) in [6.07, 6.45) is 3.21. The van der Waals surface area contributed by atoms with E-state index in [0.29, 0.717) is 5.92 Å². The standard InChI is InChI=1S/C14H22IN3O/c1-4-16-14-12(15)10(8-9(2)3)17-13(18-14)11-6-5-7-19-11/h9,11H,4-8H2,1-3H3,(H,16,17,18). The second kappa shape index (κ2) is 6.83. The van der Waals surface area contributed by atoms with Crippen LogP contribution in [0.1, 0.15) is 51.2 Å². The maximum absolute atomic E-state index is 5.72. The Morgan fingerprint density at radius 2 is 2.21 bits per heavy atom. The Balaban J connectivity index is 2.34. The molecule has 0 aliphatic carbocycles. The van der Waals surface area contributed by atoms with Crippen molar-refractivity contribution in [3.05, 3.63) is 15.1 Å². The van der Waals surface area contributed by atoms with E-state index >= 15 is 0 Å². The first-order chi connectivity index (χ1) is 9.11. The molecule has 1 fully saturated rings. The van der Waals surface area contributed by atoms with Crippen LogP contribution in [0.15, 0.2) is 0 Å². The van der Waals surface area contributed by atoms with Crippen molar-refractivity contribution in [2.24, 2.45) is 5.92 Å². The second-order valence-electron chi connectivity index (χ2n) is 5.32. The highest BCUT2D eigenvalue weighted by Gasteiger charge is 2.23. The van der Waals surface area contributed by atoms with Crippen molar-refractivity contribution in [2.75, 3.05) is 18.5 Å². The van der Waals surface area contributed by atoms with Crippen molar-refractivity contribution in [2.45, 2.75) is 46.1 Å². The molecule has 0 saturated carbocycles. The third-order valence-electron chi connectivity index (χ3n) is 3.10. The van der Waals surface area contributed by atoms with Gasteiger partial charge in [-0.1, -0.05) is 13.8 Å². The van der Waals surface area contributed by atoms with Gasteiger partial charge in [-0.3, -0.25) is 0 Å². The minimum atomic E-state index is 0.0836. The number of rotatable bonds is 5. The van der Waals surface area contributed by atoms with Crippen molar-refractivity contribution in [3.8, 4) is 0 Å². The number of hydrogen-bond donors (Lipinski definition) is 1. The summed E-state index contributed by atoms with van der Waals surface area (Å²) in [6, 6.07) is 0. The smallest absolute Gasteiger partial charge is 0.159 e. The molecule has 1 aromatic heterocycles. The maximum atomic E-state index is 5.72. The molecule has 0 amide bonds. The maximum Gasteiger partial charge on any atom is 0.159 e. The summed E-state index contributed by atoms with van der Waals surface area (Å²) in [7, 11) is 0. The normalized spacial score (nSPS) is 19.1. The van der Waals surface area contributed by atoms with Gasteiger partial charge in [-0.2, -0.15) is 0 Å². The van der Waals surface area contributed by atoms with Crippen LogP contribution >= 0.6 is 22.6 Å². The van der Waals surface area contributed by atoms with Crippen molar-refractivity contribution >= 4 is 28.4 Å². The highest BCUT2D eigenvalue weighted by Crippen LogP contribution is 2.29. The number of nitrogens with zero attached hydrogens (tertiary/aromatic N) is 2. The topological polar surface area (TPSA) is 47.0 Å². The van der Waals surface area contributed by atoms with E-state index in [0.717, 1.165) is 53.3 Å². The lowest BCUT2D eigenvalue weighted by Crippen LogP contribution is -2.13. The SMILES string of the molecule is CCNc1nc(C2CCCO2)nc(CC(C)C)c1I. The summed E-state index contributed by atoms with van der Waals surface area (Å²) in [4.78, 5) is 9.41. The van der Waals surface area contributed by atoms with Crippen molar-refractivity contribution < 1.29 is 4.74 Å². The molecule has 1 aliphatic rings. The van der Waals surface area contributed by atoms with Crippen LogP contribution in [0.3, 0.4) is 0 Å². The zero-order valence-electron chi connectivity index (χ0n) is 11.9. The van der Waals surface area contributed by atoms with Crippen molar-refractivity contribution in [3.63, 3.8) is 0 Å². The van der Waals surface area contributed by atoms with Crippen LogP contribution in [-0.2, 0) is 11.2 Å². The van der Waals surface area contributed by atoms with Gasteiger partial charge in [0.15, 0.2) is 5.82 Å². The monoisotopic (exact) mass is 375 g/mol. The van der Waals surface area contributed by atoms with Crippen molar-refractivity contribution in [1.82, 2.24) is 9.97 Å². The molecule has 1 aliphatic heterocycles. The fourth-order valence-electron chi connectivity index (χ4n) is 2.24. The van der Waals surface area contributed by atoms with E-state index in [-0.39, 0.29) is 6.10 Å². The molecule has 2 rings (SSSR count). The largest absolute Gasteiger partial charge is 0.370 e. The molecular weight excluding hydrogens is 353 g/mol. The summed E-state index contributed by atoms with van der Waals surface area (Å²) in [5, 5.41) is 3.34. The summed E-state index contributed by atoms with van der Waals surface area (Å²) < 4.78 is 6.86. The first kappa shape index (κ1) is 15.0. The van der Waals surface area contributed by atoms with Gasteiger partial charge in [0.2, 0.25) is 0 Å². The molecule has 1 unspecified atom stereocenters. The van der Waals surface area contributed by atoms with E-state index in [1.807, 2.05) is 0 Å². The predicted molar refractivity (Wildman–Crippen MR) is 85.4 cm³/mol. The molecule has 0 aromatic carbocycles. The Morgan fingerprint density at radius 3 is 2.79 bits per heavy atom. The van der Waals surface area contributed by atoms with Crippen LogP contribution in [0, 0.1) is 9.49 Å². The van der Waals surface area contributed by atoms with E-state index in [9.17, 15) is 0 Å². The van der Waals surface area contributed by atoms with E-state index in [2.05, 4.69) is 53.7 Å². The Bertz CT molecular complexity index is 431. The van der Waals surface area contributed by atoms with Gasteiger partial charge in [0.1, 0.15) is 11.9 Å². The van der Waals surface area contributed by atoms with Gasteiger partial charge in [-0.15, -0.1) is 0 Å². The quantitative estimate of drug-likeness (QED) is 0.800. The number of aromatic nitrogens is 2. The molecule has 19 heavy (non-hydrogen) atoms. The number of anilines is 1. The molecule has 1 saturated heterocycles. The number of ether oxygens (including phenoxy) is 1. The Kier molecular flexibility index (Phi) is 5.38. The average Bonchev–Trinajstić information content (AvgIpc) is 2.87. The predicted octanol–water partition coefficient (Wildman–Crippen LogP) is 3.56. The molecule has 1 atom stereocenters. The second-order valence-corrected chi connectivity index (χ2v) is 6.40. The van der Waals surface area contributed by atoms with E-state index in [1.165, 1.54) is 0 Å². The van der Waals surface area contributed by atoms with Crippen LogP contribution in [0.2, 0.25) is 0 Å². The van der Waals surface area contributed by atoms with E-state index < -0.39 is 0 Å². The summed E-state index contributed by atoms with van der Waals surface area (Å²) in [5.41, 5.74) is 1.15. The van der Waals surface area contributed by atoms with Crippen LogP contribution in [0.25, 0.3) is 0 Å². The molecule has 0 spiro atoms. The van der Waals surface area contributed by atoms with Crippen LogP contribution < -0.4 is 5.32 Å². The van der Waals surface area contributed by atoms with E-state index in [1.54, 1.807) is 0 Å². The molecule has 1 N–H and O–H groups in total. The fourth-order valence-corrected chi connectivity index (χ4v) is 2.90.